The van der Waals surface area contributed by atoms with Crippen LogP contribution in [0, 0.1) is 15.5 Å². The van der Waals surface area contributed by atoms with Crippen LogP contribution < -0.4 is 5.32 Å². The molecule has 1 aliphatic heterocycles. The molecule has 10 heteroatoms. The van der Waals surface area contributed by atoms with E-state index >= 15 is 0 Å². The molecule has 0 bridgehead atoms. The highest BCUT2D eigenvalue weighted by atomic mass is 16.6. The molecule has 1 fully saturated rings. The third-order valence-corrected chi connectivity index (χ3v) is 3.66. The number of carboxylic acids is 1. The molecule has 0 aliphatic carbocycles. The van der Waals surface area contributed by atoms with Crippen LogP contribution in [0.15, 0.2) is 12.4 Å². The van der Waals surface area contributed by atoms with Crippen molar-refractivity contribution in [3.05, 3.63) is 22.5 Å². The van der Waals surface area contributed by atoms with E-state index in [0.29, 0.717) is 26.1 Å². The van der Waals surface area contributed by atoms with Crippen LogP contribution in [0.25, 0.3) is 0 Å². The average molecular weight is 312 g/mol. The molecule has 1 aromatic rings. The second-order valence-electron chi connectivity index (χ2n) is 5.13. The Labute approximate surface area is 125 Å². The van der Waals surface area contributed by atoms with Gasteiger partial charge in [-0.05, 0) is 12.8 Å². The van der Waals surface area contributed by atoms with E-state index in [1.165, 1.54) is 0 Å². The number of nitrogens with one attached hydrogen (secondary N) is 1. The SMILES string of the molecule is O=C(Cn1cc([N+](=O)[O-])cn1)NCC1(C(=O)O)CCOCC1. The Kier molecular flexibility index (Phi) is 4.71. The van der Waals surface area contributed by atoms with Gasteiger partial charge < -0.3 is 15.2 Å². The van der Waals surface area contributed by atoms with Crippen molar-refractivity contribution in [2.24, 2.45) is 5.41 Å². The van der Waals surface area contributed by atoms with Gasteiger partial charge in [0.05, 0.1) is 10.3 Å². The Morgan fingerprint density at radius 1 is 1.50 bits per heavy atom. The minimum Gasteiger partial charge on any atom is -0.481 e. The summed E-state index contributed by atoms with van der Waals surface area (Å²) in [6.07, 6.45) is 2.84. The number of carbonyl (C=O) groups excluding carboxylic acids is 1. The van der Waals surface area contributed by atoms with Crippen LogP contribution in [0.2, 0.25) is 0 Å². The summed E-state index contributed by atoms with van der Waals surface area (Å²) in [5, 5.41) is 26.1. The first kappa shape index (κ1) is 15.9. The summed E-state index contributed by atoms with van der Waals surface area (Å²) in [5.41, 5.74) is -1.23. The Bertz CT molecular complexity index is 578. The Hall–Kier alpha value is -2.49. The van der Waals surface area contributed by atoms with Gasteiger partial charge in [0, 0.05) is 19.8 Å². The van der Waals surface area contributed by atoms with Gasteiger partial charge in [0.1, 0.15) is 18.9 Å². The first-order chi connectivity index (χ1) is 10.4. The third kappa shape index (κ3) is 3.58. The van der Waals surface area contributed by atoms with Crippen molar-refractivity contribution in [2.45, 2.75) is 19.4 Å². The molecule has 1 amide bonds. The van der Waals surface area contributed by atoms with E-state index in [9.17, 15) is 24.8 Å². The summed E-state index contributed by atoms with van der Waals surface area (Å²) in [6.45, 7) is 0.467. The lowest BCUT2D eigenvalue weighted by Crippen LogP contribution is -2.47. The topological polar surface area (TPSA) is 137 Å². The molecule has 1 aromatic heterocycles. The molecule has 10 nitrogen and oxygen atoms in total. The summed E-state index contributed by atoms with van der Waals surface area (Å²) in [5.74, 6) is -1.42. The van der Waals surface area contributed by atoms with Crippen LogP contribution in [0.5, 0.6) is 0 Å². The lowest BCUT2D eigenvalue weighted by atomic mass is 9.80. The van der Waals surface area contributed by atoms with Crippen LogP contribution in [-0.2, 0) is 20.9 Å². The van der Waals surface area contributed by atoms with E-state index in [-0.39, 0.29) is 18.8 Å². The number of nitro groups is 1. The van der Waals surface area contributed by atoms with Gasteiger partial charge in [0.25, 0.3) is 0 Å². The van der Waals surface area contributed by atoms with Gasteiger partial charge in [-0.25, -0.2) is 0 Å². The number of amides is 1. The molecule has 0 unspecified atom stereocenters. The second-order valence-corrected chi connectivity index (χ2v) is 5.13. The number of rotatable bonds is 6. The van der Waals surface area contributed by atoms with Gasteiger partial charge in [-0.2, -0.15) is 5.10 Å². The highest BCUT2D eigenvalue weighted by molar-refractivity contribution is 5.79. The zero-order valence-corrected chi connectivity index (χ0v) is 11.7. The van der Waals surface area contributed by atoms with Gasteiger partial charge in [-0.1, -0.05) is 0 Å². The molecule has 0 aromatic carbocycles. The number of carboxylic acid groups (broad SMARTS) is 1. The Morgan fingerprint density at radius 3 is 2.73 bits per heavy atom. The summed E-state index contributed by atoms with van der Waals surface area (Å²) < 4.78 is 6.28. The number of nitrogens with zero attached hydrogens (tertiary/aromatic N) is 3. The third-order valence-electron chi connectivity index (χ3n) is 3.66. The molecule has 120 valence electrons. The summed E-state index contributed by atoms with van der Waals surface area (Å²) in [6, 6.07) is 0. The fourth-order valence-corrected chi connectivity index (χ4v) is 2.23. The van der Waals surface area contributed by atoms with E-state index in [0.717, 1.165) is 17.1 Å². The number of ether oxygens (including phenoxy) is 1. The fourth-order valence-electron chi connectivity index (χ4n) is 2.23. The summed E-state index contributed by atoms with van der Waals surface area (Å²) in [7, 11) is 0. The van der Waals surface area contributed by atoms with Crippen LogP contribution in [0.1, 0.15) is 12.8 Å². The molecule has 1 aliphatic rings. The predicted molar refractivity (Wildman–Crippen MR) is 72.0 cm³/mol. The molecule has 0 radical (unpaired) electrons. The van der Waals surface area contributed by atoms with Crippen molar-refractivity contribution in [1.29, 1.82) is 0 Å². The highest BCUT2D eigenvalue weighted by Gasteiger charge is 2.40. The van der Waals surface area contributed by atoms with Crippen LogP contribution in [0.4, 0.5) is 5.69 Å². The van der Waals surface area contributed by atoms with Crippen LogP contribution >= 0.6 is 0 Å². The van der Waals surface area contributed by atoms with Crippen molar-refractivity contribution in [1.82, 2.24) is 15.1 Å². The highest BCUT2D eigenvalue weighted by Crippen LogP contribution is 2.30. The minimum absolute atomic E-state index is 0.00606. The second kappa shape index (κ2) is 6.52. The lowest BCUT2D eigenvalue weighted by molar-refractivity contribution is -0.385. The van der Waals surface area contributed by atoms with E-state index in [1.54, 1.807) is 0 Å². The van der Waals surface area contributed by atoms with Crippen LogP contribution in [0.3, 0.4) is 0 Å². The predicted octanol–water partition coefficient (Wildman–Crippen LogP) is -0.211. The maximum absolute atomic E-state index is 11.8. The normalized spacial score (nSPS) is 16.9. The zero-order valence-electron chi connectivity index (χ0n) is 11.7. The van der Waals surface area contributed by atoms with E-state index in [4.69, 9.17) is 4.74 Å². The number of aliphatic carboxylic acids is 1. The molecule has 0 spiro atoms. The van der Waals surface area contributed by atoms with Gasteiger partial charge in [0.2, 0.25) is 5.91 Å². The van der Waals surface area contributed by atoms with Gasteiger partial charge in [-0.3, -0.25) is 24.4 Å². The Morgan fingerprint density at radius 2 is 2.18 bits per heavy atom. The first-order valence-electron chi connectivity index (χ1n) is 6.68. The smallest absolute Gasteiger partial charge is 0.311 e. The molecular formula is C12H16N4O6. The van der Waals surface area contributed by atoms with Gasteiger partial charge in [-0.15, -0.1) is 0 Å². The quantitative estimate of drug-likeness (QED) is 0.547. The Balaban J connectivity index is 1.90. The van der Waals surface area contributed by atoms with E-state index in [1.807, 2.05) is 0 Å². The standard InChI is InChI=1S/C12H16N4O6/c17-10(7-15-6-9(5-14-15)16(20)21)13-8-12(11(18)19)1-3-22-4-2-12/h5-6H,1-4,7-8H2,(H,13,17)(H,18,19). The molecule has 2 heterocycles. The summed E-state index contributed by atoms with van der Waals surface area (Å²) >= 11 is 0. The van der Waals surface area contributed by atoms with Crippen molar-refractivity contribution < 1.29 is 24.4 Å². The maximum atomic E-state index is 11.8. The van der Waals surface area contributed by atoms with E-state index in [2.05, 4.69) is 10.4 Å². The van der Waals surface area contributed by atoms with Gasteiger partial charge in [0.15, 0.2) is 0 Å². The number of hydrogen-bond acceptors (Lipinski definition) is 6. The van der Waals surface area contributed by atoms with Gasteiger partial charge >= 0.3 is 11.7 Å². The summed E-state index contributed by atoms with van der Waals surface area (Å²) in [4.78, 5) is 33.2. The van der Waals surface area contributed by atoms with Crippen molar-refractivity contribution >= 4 is 17.6 Å². The zero-order chi connectivity index (χ0) is 16.2. The number of aromatic nitrogens is 2. The van der Waals surface area contributed by atoms with Crippen molar-refractivity contribution in [3.63, 3.8) is 0 Å². The minimum atomic E-state index is -1.02. The molecule has 0 atom stereocenters. The largest absolute Gasteiger partial charge is 0.481 e. The maximum Gasteiger partial charge on any atom is 0.311 e. The lowest BCUT2D eigenvalue weighted by Gasteiger charge is -2.33. The fraction of sp³-hybridized carbons (Fsp3) is 0.583. The molecule has 2 N–H and O–H groups in total. The monoisotopic (exact) mass is 312 g/mol. The molecule has 22 heavy (non-hydrogen) atoms. The number of carbonyl (C=O) groups is 2. The molecule has 2 rings (SSSR count). The van der Waals surface area contributed by atoms with Crippen LogP contribution in [-0.4, -0.2) is 51.4 Å². The molecule has 0 saturated carbocycles. The van der Waals surface area contributed by atoms with Crippen molar-refractivity contribution in [2.75, 3.05) is 19.8 Å². The molecular weight excluding hydrogens is 296 g/mol. The number of hydrogen-bond donors (Lipinski definition) is 2. The molecule has 1 saturated heterocycles. The first-order valence-corrected chi connectivity index (χ1v) is 6.68. The average Bonchev–Trinajstić information content (AvgIpc) is 2.95. The van der Waals surface area contributed by atoms with Crippen molar-refractivity contribution in [3.8, 4) is 0 Å². The van der Waals surface area contributed by atoms with E-state index < -0.39 is 22.2 Å².